The van der Waals surface area contributed by atoms with E-state index in [9.17, 15) is 9.90 Å². The Hall–Kier alpha value is -1.91. The highest BCUT2D eigenvalue weighted by Crippen LogP contribution is 2.45. The number of carbonyl (C=O) groups excluding carboxylic acids is 1. The number of thioether (sulfide) groups is 1. The van der Waals surface area contributed by atoms with Gasteiger partial charge in [0.1, 0.15) is 0 Å². The van der Waals surface area contributed by atoms with Gasteiger partial charge in [0.25, 0.3) is 0 Å². The molecule has 0 saturated carbocycles. The second-order valence-electron chi connectivity index (χ2n) is 14.3. The lowest BCUT2D eigenvalue weighted by atomic mass is 9.84. The highest BCUT2D eigenvalue weighted by molar-refractivity contribution is 8.06. The molecule has 0 saturated heterocycles. The SMILES string of the molecule is CC(C)CCCC1=CC(=CC2=C([O-])C(=Cc3cc(CCCC(C)C)[s+]c(C(C)(C)C)c3)C2=O)C=C(C(C)(C)C)S1. The number of aryl methyl sites for hydroxylation is 1. The van der Waals surface area contributed by atoms with Crippen LogP contribution in [0.4, 0.5) is 0 Å². The molecule has 0 aromatic carbocycles. The number of allylic oxidation sites excluding steroid dienone is 8. The Bertz CT molecular complexity index is 1250. The number of rotatable bonds is 10. The molecule has 0 bridgehead atoms. The maximum Gasteiger partial charge on any atom is 0.219 e. The van der Waals surface area contributed by atoms with Gasteiger partial charge in [0.15, 0.2) is 5.78 Å². The molecule has 0 amide bonds. The van der Waals surface area contributed by atoms with Gasteiger partial charge < -0.3 is 5.11 Å². The summed E-state index contributed by atoms with van der Waals surface area (Å²) >= 11 is 3.71. The first-order valence-corrected chi connectivity index (χ1v) is 16.7. The molecule has 40 heavy (non-hydrogen) atoms. The summed E-state index contributed by atoms with van der Waals surface area (Å²) in [5, 5.41) is 13.3. The summed E-state index contributed by atoms with van der Waals surface area (Å²) in [5.41, 5.74) is 2.56. The summed E-state index contributed by atoms with van der Waals surface area (Å²) in [6.45, 7) is 22.4. The lowest BCUT2D eigenvalue weighted by molar-refractivity contribution is -0.300. The molecule has 0 fully saturated rings. The van der Waals surface area contributed by atoms with Crippen LogP contribution in [0.15, 0.2) is 62.6 Å². The van der Waals surface area contributed by atoms with Crippen molar-refractivity contribution in [2.75, 3.05) is 0 Å². The second kappa shape index (κ2) is 13.4. The molecule has 3 rings (SSSR count). The van der Waals surface area contributed by atoms with Crippen LogP contribution in [0.5, 0.6) is 0 Å². The van der Waals surface area contributed by atoms with E-state index in [1.54, 1.807) is 0 Å². The van der Waals surface area contributed by atoms with E-state index in [1.165, 1.54) is 32.4 Å². The number of hydrogen-bond donors (Lipinski definition) is 0. The van der Waals surface area contributed by atoms with Gasteiger partial charge in [-0.05, 0) is 81.8 Å². The fraction of sp³-hybridized carbons (Fsp3) is 0.556. The maximum absolute atomic E-state index is 13.3. The summed E-state index contributed by atoms with van der Waals surface area (Å²) in [6, 6.07) is 4.33. The summed E-state index contributed by atoms with van der Waals surface area (Å²) in [7, 11) is 0. The van der Waals surface area contributed by atoms with Crippen LogP contribution in [0.3, 0.4) is 0 Å². The lowest BCUT2D eigenvalue weighted by Gasteiger charge is -2.30. The van der Waals surface area contributed by atoms with E-state index < -0.39 is 0 Å². The number of carbonyl (C=O) groups is 1. The van der Waals surface area contributed by atoms with Crippen molar-refractivity contribution in [1.82, 2.24) is 0 Å². The number of hydrogen-bond acceptors (Lipinski definition) is 3. The van der Waals surface area contributed by atoms with E-state index in [2.05, 4.69) is 93.5 Å². The summed E-state index contributed by atoms with van der Waals surface area (Å²) in [4.78, 5) is 18.5. The van der Waals surface area contributed by atoms with Gasteiger partial charge in [-0.1, -0.05) is 99.6 Å². The summed E-state index contributed by atoms with van der Waals surface area (Å²) in [5.74, 6) is 1.10. The number of Topliss-reactive ketones (excluding diaryl/α,β-unsaturated/α-hetero) is 1. The fourth-order valence-corrected chi connectivity index (χ4v) is 7.16. The van der Waals surface area contributed by atoms with E-state index in [-0.39, 0.29) is 22.4 Å². The molecule has 2 aliphatic rings. The van der Waals surface area contributed by atoms with Gasteiger partial charge in [-0.15, -0.1) is 0 Å². The van der Waals surface area contributed by atoms with Crippen LogP contribution in [0.2, 0.25) is 0 Å². The van der Waals surface area contributed by atoms with Gasteiger partial charge in [-0.3, -0.25) is 4.79 Å². The average Bonchev–Trinajstić information content (AvgIpc) is 2.84. The minimum Gasteiger partial charge on any atom is -0.871 e. The van der Waals surface area contributed by atoms with Crippen LogP contribution in [0.1, 0.15) is 117 Å². The van der Waals surface area contributed by atoms with Crippen molar-refractivity contribution in [1.29, 1.82) is 0 Å². The number of ketones is 1. The average molecular weight is 579 g/mol. The highest BCUT2D eigenvalue weighted by atomic mass is 32.2. The molecule has 218 valence electrons. The van der Waals surface area contributed by atoms with E-state index in [4.69, 9.17) is 0 Å². The third kappa shape index (κ3) is 9.05. The van der Waals surface area contributed by atoms with E-state index in [1.807, 2.05) is 35.3 Å². The Morgan fingerprint density at radius 3 is 2.05 bits per heavy atom. The van der Waals surface area contributed by atoms with Crippen LogP contribution < -0.4 is 5.11 Å². The van der Waals surface area contributed by atoms with Crippen LogP contribution in [-0.4, -0.2) is 5.78 Å². The predicted octanol–water partition coefficient (Wildman–Crippen LogP) is 10.2. The van der Waals surface area contributed by atoms with Crippen molar-refractivity contribution in [3.63, 3.8) is 0 Å². The van der Waals surface area contributed by atoms with Gasteiger partial charge in [-0.25, -0.2) is 0 Å². The molecule has 1 aromatic heterocycles. The zero-order valence-electron chi connectivity index (χ0n) is 26.5. The van der Waals surface area contributed by atoms with E-state index >= 15 is 0 Å². The monoisotopic (exact) mass is 578 g/mol. The first kappa shape index (κ1) is 32.6. The minimum atomic E-state index is -0.137. The molecule has 0 N–H and O–H groups in total. The fourth-order valence-electron chi connectivity index (χ4n) is 4.71. The van der Waals surface area contributed by atoms with Gasteiger partial charge in [0, 0.05) is 35.1 Å². The van der Waals surface area contributed by atoms with Crippen molar-refractivity contribution in [3.8, 4) is 0 Å². The molecule has 2 heterocycles. The third-order valence-corrected chi connectivity index (χ3v) is 10.3. The normalized spacial score (nSPS) is 18.6. The third-order valence-electron chi connectivity index (χ3n) is 7.22. The van der Waals surface area contributed by atoms with Crippen molar-refractivity contribution >= 4 is 35.0 Å². The quantitative estimate of drug-likeness (QED) is 0.205. The smallest absolute Gasteiger partial charge is 0.219 e. The second-order valence-corrected chi connectivity index (χ2v) is 16.6. The van der Waals surface area contributed by atoms with Gasteiger partial charge in [-0.2, -0.15) is 0 Å². The van der Waals surface area contributed by atoms with E-state index in [0.29, 0.717) is 23.0 Å². The molecule has 0 radical (unpaired) electrons. The molecular weight excluding hydrogens is 529 g/mol. The van der Waals surface area contributed by atoms with Crippen LogP contribution in [0, 0.1) is 17.3 Å². The lowest BCUT2D eigenvalue weighted by Crippen LogP contribution is -2.29. The van der Waals surface area contributed by atoms with Gasteiger partial charge >= 0.3 is 0 Å². The van der Waals surface area contributed by atoms with Crippen molar-refractivity contribution < 1.29 is 9.90 Å². The minimum absolute atomic E-state index is 0.0105. The van der Waals surface area contributed by atoms with Crippen LogP contribution in [0.25, 0.3) is 6.08 Å². The molecule has 0 atom stereocenters. The molecular formula is C36H50O2S2. The molecule has 0 unspecified atom stereocenters. The van der Waals surface area contributed by atoms with E-state index in [0.717, 1.165) is 36.8 Å². The Kier molecular flexibility index (Phi) is 10.9. The van der Waals surface area contributed by atoms with Gasteiger partial charge in [0.2, 0.25) is 21.1 Å². The topological polar surface area (TPSA) is 40.1 Å². The molecule has 4 heteroatoms. The highest BCUT2D eigenvalue weighted by Gasteiger charge is 2.30. The molecule has 2 nitrogen and oxygen atoms in total. The first-order valence-electron chi connectivity index (χ1n) is 15.0. The Morgan fingerprint density at radius 2 is 1.50 bits per heavy atom. The zero-order chi connectivity index (χ0) is 29.8. The first-order chi connectivity index (χ1) is 18.5. The Labute approximate surface area is 252 Å². The van der Waals surface area contributed by atoms with Gasteiger partial charge in [0.05, 0.1) is 0 Å². The van der Waals surface area contributed by atoms with Crippen LogP contribution >= 0.6 is 23.1 Å². The predicted molar refractivity (Wildman–Crippen MR) is 175 cm³/mol. The molecule has 1 aliphatic heterocycles. The molecule has 1 aromatic rings. The summed E-state index contributed by atoms with van der Waals surface area (Å²) in [6.07, 6.45) is 14.7. The van der Waals surface area contributed by atoms with Crippen molar-refractivity contribution in [2.45, 2.75) is 113 Å². The van der Waals surface area contributed by atoms with Crippen LogP contribution in [-0.2, 0) is 16.6 Å². The zero-order valence-corrected chi connectivity index (χ0v) is 28.1. The van der Waals surface area contributed by atoms with Crippen molar-refractivity contribution in [2.24, 2.45) is 17.3 Å². The largest absolute Gasteiger partial charge is 0.871 e. The summed E-state index contributed by atoms with van der Waals surface area (Å²) < 4.78 is 0. The standard InChI is InChI=1S/C36H50O2S2/c1-23(2)13-11-15-27-17-25(21-31(39-27)35(5,6)7)19-29-33(37)30(34(29)38)20-26-18-28(16-12-14-24(3)4)40-32(22-26)36(8,9)10/h17-24H,11-16H2,1-10H3. The van der Waals surface area contributed by atoms with Crippen molar-refractivity contribution in [3.05, 3.63) is 78.0 Å². The molecule has 0 spiro atoms. The maximum atomic E-state index is 13.3. The Morgan fingerprint density at radius 1 is 0.875 bits per heavy atom. The Balaban J connectivity index is 1.92. The molecule has 1 aliphatic carbocycles.